The Balaban J connectivity index is 1.85. The number of allylic oxidation sites excluding steroid dienone is 1. The predicted octanol–water partition coefficient (Wildman–Crippen LogP) is 5.89. The van der Waals surface area contributed by atoms with E-state index in [1.54, 1.807) is 24.3 Å². The molecule has 3 aromatic carbocycles. The van der Waals surface area contributed by atoms with Crippen molar-refractivity contribution in [3.63, 3.8) is 0 Å². The van der Waals surface area contributed by atoms with Crippen LogP contribution in [0.25, 0.3) is 17.2 Å². The van der Waals surface area contributed by atoms with Gasteiger partial charge in [-0.25, -0.2) is 8.78 Å². The molecular weight excluding hydrogens is 382 g/mol. The van der Waals surface area contributed by atoms with Crippen LogP contribution in [0.5, 0.6) is 0 Å². The van der Waals surface area contributed by atoms with E-state index in [2.05, 4.69) is 0 Å². The molecule has 3 rings (SSSR count). The van der Waals surface area contributed by atoms with Gasteiger partial charge in [-0.3, -0.25) is 4.79 Å². The van der Waals surface area contributed by atoms with Crippen molar-refractivity contribution in [3.8, 4) is 11.1 Å². The van der Waals surface area contributed by atoms with Gasteiger partial charge in [0.05, 0.1) is 6.54 Å². The van der Waals surface area contributed by atoms with E-state index in [0.717, 1.165) is 16.8 Å². The van der Waals surface area contributed by atoms with E-state index in [-0.39, 0.29) is 6.54 Å². The van der Waals surface area contributed by atoms with Gasteiger partial charge < -0.3 is 9.80 Å². The van der Waals surface area contributed by atoms with E-state index in [4.69, 9.17) is 0 Å². The summed E-state index contributed by atoms with van der Waals surface area (Å²) in [6, 6.07) is 17.1. The number of anilines is 2. The third kappa shape index (κ3) is 4.92. The van der Waals surface area contributed by atoms with Crippen LogP contribution in [0, 0.1) is 11.6 Å². The van der Waals surface area contributed by atoms with Crippen molar-refractivity contribution in [1.29, 1.82) is 0 Å². The van der Waals surface area contributed by atoms with Crippen LogP contribution in [0.15, 0.2) is 66.7 Å². The lowest BCUT2D eigenvalue weighted by Crippen LogP contribution is -2.21. The second-order valence-electron chi connectivity index (χ2n) is 7.22. The van der Waals surface area contributed by atoms with Gasteiger partial charge in [0.15, 0.2) is 0 Å². The summed E-state index contributed by atoms with van der Waals surface area (Å²) in [5.74, 6) is -0.870. The molecule has 0 radical (unpaired) electrons. The van der Waals surface area contributed by atoms with Crippen LogP contribution in [-0.2, 0) is 11.3 Å². The van der Waals surface area contributed by atoms with Crippen LogP contribution in [0.3, 0.4) is 0 Å². The standard InChI is InChI=1S/C25H24F2N2O/c1-4-5-18-12-22(26)15-24(13-18)29(17-30)16-21-7-6-20(14-25(21)27)19-8-10-23(11-9-19)28(2)3/h4-15,17H,16H2,1-3H3/b5-4+. The highest BCUT2D eigenvalue weighted by Crippen LogP contribution is 2.26. The van der Waals surface area contributed by atoms with E-state index in [9.17, 15) is 13.6 Å². The van der Waals surface area contributed by atoms with Gasteiger partial charge in [-0.2, -0.15) is 0 Å². The van der Waals surface area contributed by atoms with Gasteiger partial charge in [-0.05, 0) is 60.0 Å². The van der Waals surface area contributed by atoms with Crippen LogP contribution in [-0.4, -0.2) is 20.5 Å². The van der Waals surface area contributed by atoms with Crippen molar-refractivity contribution in [2.24, 2.45) is 0 Å². The average Bonchev–Trinajstić information content (AvgIpc) is 2.72. The second-order valence-corrected chi connectivity index (χ2v) is 7.22. The van der Waals surface area contributed by atoms with Gasteiger partial charge in [-0.1, -0.05) is 36.4 Å². The Morgan fingerprint density at radius 3 is 2.17 bits per heavy atom. The van der Waals surface area contributed by atoms with Gasteiger partial charge in [0.1, 0.15) is 11.6 Å². The summed E-state index contributed by atoms with van der Waals surface area (Å²) >= 11 is 0. The van der Waals surface area contributed by atoms with Crippen molar-refractivity contribution in [2.45, 2.75) is 13.5 Å². The number of rotatable bonds is 7. The summed E-state index contributed by atoms with van der Waals surface area (Å²) in [4.78, 5) is 14.9. The summed E-state index contributed by atoms with van der Waals surface area (Å²) in [6.07, 6.45) is 4.11. The SMILES string of the molecule is C/C=C/c1cc(F)cc(N(C=O)Cc2ccc(-c3ccc(N(C)C)cc3)cc2F)c1. The van der Waals surface area contributed by atoms with Gasteiger partial charge in [0, 0.05) is 31.0 Å². The third-order valence-corrected chi connectivity index (χ3v) is 4.83. The third-order valence-electron chi connectivity index (χ3n) is 4.83. The number of carbonyl (C=O) groups excluding carboxylic acids is 1. The van der Waals surface area contributed by atoms with Crippen LogP contribution < -0.4 is 9.80 Å². The fourth-order valence-electron chi connectivity index (χ4n) is 3.23. The molecule has 3 aromatic rings. The molecule has 0 atom stereocenters. The molecule has 0 heterocycles. The molecule has 0 N–H and O–H groups in total. The number of nitrogens with zero attached hydrogens (tertiary/aromatic N) is 2. The molecule has 0 unspecified atom stereocenters. The summed E-state index contributed by atoms with van der Waals surface area (Å²) < 4.78 is 28.7. The zero-order valence-electron chi connectivity index (χ0n) is 17.3. The molecule has 0 aliphatic carbocycles. The Morgan fingerprint density at radius 1 is 0.867 bits per heavy atom. The molecule has 0 fully saturated rings. The zero-order chi connectivity index (χ0) is 21.7. The second kappa shape index (κ2) is 9.35. The van der Waals surface area contributed by atoms with E-state index in [1.165, 1.54) is 23.1 Å². The molecule has 0 aliphatic rings. The Hall–Kier alpha value is -3.47. The lowest BCUT2D eigenvalue weighted by atomic mass is 10.0. The maximum absolute atomic E-state index is 14.8. The van der Waals surface area contributed by atoms with Gasteiger partial charge >= 0.3 is 0 Å². The molecule has 0 saturated carbocycles. The average molecular weight is 406 g/mol. The van der Waals surface area contributed by atoms with Gasteiger partial charge in [0.2, 0.25) is 6.41 Å². The maximum atomic E-state index is 14.8. The first kappa shape index (κ1) is 21.2. The van der Waals surface area contributed by atoms with Crippen LogP contribution >= 0.6 is 0 Å². The number of amides is 1. The molecule has 0 spiro atoms. The number of halogens is 2. The smallest absolute Gasteiger partial charge is 0.214 e. The molecule has 154 valence electrons. The molecule has 5 heteroatoms. The maximum Gasteiger partial charge on any atom is 0.214 e. The fourth-order valence-corrected chi connectivity index (χ4v) is 3.23. The number of hydrogen-bond donors (Lipinski definition) is 0. The van der Waals surface area contributed by atoms with E-state index >= 15 is 0 Å². The highest BCUT2D eigenvalue weighted by molar-refractivity contribution is 5.76. The van der Waals surface area contributed by atoms with Crippen LogP contribution in [0.2, 0.25) is 0 Å². The Morgan fingerprint density at radius 2 is 1.57 bits per heavy atom. The minimum absolute atomic E-state index is 0.00785. The molecular formula is C25H24F2N2O. The van der Waals surface area contributed by atoms with Crippen molar-refractivity contribution in [1.82, 2.24) is 0 Å². The van der Waals surface area contributed by atoms with Crippen molar-refractivity contribution in [2.75, 3.05) is 23.9 Å². The summed E-state index contributed by atoms with van der Waals surface area (Å²) in [6.45, 7) is 1.83. The van der Waals surface area contributed by atoms with Crippen LogP contribution in [0.4, 0.5) is 20.2 Å². The van der Waals surface area contributed by atoms with Crippen molar-refractivity contribution >= 4 is 23.9 Å². The first-order valence-electron chi connectivity index (χ1n) is 9.62. The van der Waals surface area contributed by atoms with E-state index < -0.39 is 11.6 Å². The molecule has 1 amide bonds. The molecule has 30 heavy (non-hydrogen) atoms. The molecule has 0 saturated heterocycles. The zero-order valence-corrected chi connectivity index (χ0v) is 17.3. The predicted molar refractivity (Wildman–Crippen MR) is 120 cm³/mol. The topological polar surface area (TPSA) is 23.6 Å². The highest BCUT2D eigenvalue weighted by atomic mass is 19.1. The summed E-state index contributed by atoms with van der Waals surface area (Å²) in [5, 5.41) is 0. The molecule has 0 aliphatic heterocycles. The number of carbonyl (C=O) groups is 1. The van der Waals surface area contributed by atoms with Crippen molar-refractivity contribution in [3.05, 3.63) is 89.5 Å². The first-order chi connectivity index (χ1) is 14.4. The summed E-state index contributed by atoms with van der Waals surface area (Å²) in [5.41, 5.74) is 4.08. The highest BCUT2D eigenvalue weighted by Gasteiger charge is 2.13. The summed E-state index contributed by atoms with van der Waals surface area (Å²) in [7, 11) is 3.92. The largest absolute Gasteiger partial charge is 0.378 e. The Bertz CT molecular complexity index is 1060. The van der Waals surface area contributed by atoms with Crippen molar-refractivity contribution < 1.29 is 13.6 Å². The lowest BCUT2D eigenvalue weighted by Gasteiger charge is -2.19. The Kier molecular flexibility index (Phi) is 6.62. The van der Waals surface area contributed by atoms with Gasteiger partial charge in [-0.15, -0.1) is 0 Å². The minimum Gasteiger partial charge on any atom is -0.378 e. The molecule has 0 aromatic heterocycles. The Labute approximate surface area is 175 Å². The monoisotopic (exact) mass is 406 g/mol. The number of hydrogen-bond acceptors (Lipinski definition) is 2. The van der Waals surface area contributed by atoms with E-state index in [0.29, 0.717) is 23.2 Å². The van der Waals surface area contributed by atoms with Gasteiger partial charge in [0.25, 0.3) is 0 Å². The molecule has 0 bridgehead atoms. The lowest BCUT2D eigenvalue weighted by molar-refractivity contribution is -0.107. The minimum atomic E-state index is -0.454. The van der Waals surface area contributed by atoms with Crippen LogP contribution in [0.1, 0.15) is 18.1 Å². The number of benzene rings is 3. The normalized spacial score (nSPS) is 11.0. The fraction of sp³-hybridized carbons (Fsp3) is 0.160. The first-order valence-corrected chi connectivity index (χ1v) is 9.62. The molecule has 3 nitrogen and oxygen atoms in total. The quantitative estimate of drug-likeness (QED) is 0.457. The van der Waals surface area contributed by atoms with E-state index in [1.807, 2.05) is 56.3 Å².